The van der Waals surface area contributed by atoms with Gasteiger partial charge in [0.2, 0.25) is 0 Å². The highest BCUT2D eigenvalue weighted by Crippen LogP contribution is 2.18. The Kier molecular flexibility index (Phi) is 4.97. The number of carbonyl (C=O) groups is 1. The molecule has 1 saturated heterocycles. The quantitative estimate of drug-likeness (QED) is 0.773. The van der Waals surface area contributed by atoms with Crippen LogP contribution >= 0.6 is 0 Å². The number of hydrogen-bond donors (Lipinski definition) is 2. The van der Waals surface area contributed by atoms with E-state index >= 15 is 0 Å². The third kappa shape index (κ3) is 3.72. The molecule has 4 nitrogen and oxygen atoms in total. The summed E-state index contributed by atoms with van der Waals surface area (Å²) in [4.78, 5) is 13.8. The number of benzene rings is 1. The monoisotopic (exact) mass is 276 g/mol. The van der Waals surface area contributed by atoms with Crippen LogP contribution < -0.4 is 5.32 Å². The third-order valence-electron chi connectivity index (χ3n) is 3.17. The fraction of sp³-hybridized carbons (Fsp3) is 0.400. The van der Waals surface area contributed by atoms with Gasteiger partial charge >= 0.3 is 6.03 Å². The minimum atomic E-state index is -0.428. The Bertz CT molecular complexity index is 543. The first-order chi connectivity index (χ1) is 9.70. The number of hydrogen-bond acceptors (Lipinski definition) is 2. The molecule has 0 aromatic heterocycles. The molecule has 20 heavy (non-hydrogen) atoms. The minimum absolute atomic E-state index is 0.191. The van der Waals surface area contributed by atoms with Crippen molar-refractivity contribution in [1.29, 1.82) is 0 Å². The molecule has 1 aliphatic heterocycles. The molecule has 1 aromatic carbocycles. The molecular formula is C15H17FN2O2. The van der Waals surface area contributed by atoms with Gasteiger partial charge in [0.25, 0.3) is 0 Å². The number of rotatable bonds is 1. The second-order valence-electron chi connectivity index (χ2n) is 4.63. The first kappa shape index (κ1) is 14.4. The van der Waals surface area contributed by atoms with Gasteiger partial charge in [0.15, 0.2) is 0 Å². The Labute approximate surface area is 117 Å². The lowest BCUT2D eigenvalue weighted by Crippen LogP contribution is -2.38. The smallest absolute Gasteiger partial charge is 0.321 e. The Morgan fingerprint density at radius 1 is 1.35 bits per heavy atom. The number of anilines is 1. The van der Waals surface area contributed by atoms with E-state index in [4.69, 9.17) is 5.11 Å². The van der Waals surface area contributed by atoms with Crippen LogP contribution in [0.2, 0.25) is 0 Å². The summed E-state index contributed by atoms with van der Waals surface area (Å²) in [6.45, 7) is 1.17. The van der Waals surface area contributed by atoms with Crippen LogP contribution in [0.15, 0.2) is 18.2 Å². The van der Waals surface area contributed by atoms with Gasteiger partial charge in [-0.2, -0.15) is 0 Å². The molecule has 0 saturated carbocycles. The van der Waals surface area contributed by atoms with Crippen LogP contribution in [-0.2, 0) is 0 Å². The van der Waals surface area contributed by atoms with Crippen molar-refractivity contribution in [2.75, 3.05) is 25.0 Å². The van der Waals surface area contributed by atoms with Crippen molar-refractivity contribution in [3.63, 3.8) is 0 Å². The topological polar surface area (TPSA) is 52.6 Å². The van der Waals surface area contributed by atoms with E-state index in [2.05, 4.69) is 17.2 Å². The number of nitrogens with one attached hydrogen (secondary N) is 1. The number of likely N-dealkylation sites (tertiary alicyclic amines) is 1. The zero-order valence-electron chi connectivity index (χ0n) is 11.2. The maximum Gasteiger partial charge on any atom is 0.321 e. The highest BCUT2D eigenvalue weighted by molar-refractivity contribution is 5.91. The number of aliphatic hydroxyl groups is 1. The second-order valence-corrected chi connectivity index (χ2v) is 4.63. The molecule has 0 aliphatic carbocycles. The minimum Gasteiger partial charge on any atom is -0.384 e. The fourth-order valence-corrected chi connectivity index (χ4v) is 2.15. The first-order valence-corrected chi connectivity index (χ1v) is 6.66. The molecule has 1 aromatic rings. The van der Waals surface area contributed by atoms with Gasteiger partial charge in [-0.05, 0) is 37.5 Å². The van der Waals surface area contributed by atoms with E-state index in [1.165, 1.54) is 18.2 Å². The summed E-state index contributed by atoms with van der Waals surface area (Å²) >= 11 is 0. The van der Waals surface area contributed by atoms with Gasteiger partial charge in [0.05, 0.1) is 11.3 Å². The molecular weight excluding hydrogens is 259 g/mol. The first-order valence-electron chi connectivity index (χ1n) is 6.66. The van der Waals surface area contributed by atoms with E-state index in [-0.39, 0.29) is 12.6 Å². The van der Waals surface area contributed by atoms with Crippen LogP contribution in [0, 0.1) is 17.7 Å². The van der Waals surface area contributed by atoms with Gasteiger partial charge in [-0.15, -0.1) is 0 Å². The van der Waals surface area contributed by atoms with Crippen LogP contribution in [0.4, 0.5) is 14.9 Å². The standard InChI is InChI=1S/C15H17FN2O2/c16-13-6-7-14(12(11-13)5-4-10-19)17-15(20)18-8-2-1-3-9-18/h6-7,11,19H,1-3,8-10H2,(H,17,20). The number of amides is 2. The number of urea groups is 1. The summed E-state index contributed by atoms with van der Waals surface area (Å²) < 4.78 is 13.2. The summed E-state index contributed by atoms with van der Waals surface area (Å²) in [6, 6.07) is 3.81. The highest BCUT2D eigenvalue weighted by Gasteiger charge is 2.17. The molecule has 1 heterocycles. The van der Waals surface area contributed by atoms with Crippen LogP contribution in [-0.4, -0.2) is 35.7 Å². The zero-order valence-corrected chi connectivity index (χ0v) is 11.2. The number of nitrogens with zero attached hydrogens (tertiary/aromatic N) is 1. The normalized spacial score (nSPS) is 14.4. The maximum absolute atomic E-state index is 13.2. The predicted octanol–water partition coefficient (Wildman–Crippen LogP) is 2.19. The van der Waals surface area contributed by atoms with Crippen molar-refractivity contribution in [1.82, 2.24) is 4.90 Å². The average Bonchev–Trinajstić information content (AvgIpc) is 2.48. The highest BCUT2D eigenvalue weighted by atomic mass is 19.1. The third-order valence-corrected chi connectivity index (χ3v) is 3.17. The number of piperidine rings is 1. The van der Waals surface area contributed by atoms with Crippen LogP contribution in [0.3, 0.4) is 0 Å². The largest absolute Gasteiger partial charge is 0.384 e. The van der Waals surface area contributed by atoms with E-state index in [0.717, 1.165) is 32.4 Å². The van der Waals surface area contributed by atoms with Crippen molar-refractivity contribution in [2.24, 2.45) is 0 Å². The van der Waals surface area contributed by atoms with Gasteiger partial charge < -0.3 is 15.3 Å². The van der Waals surface area contributed by atoms with Crippen molar-refractivity contribution in [3.8, 4) is 11.8 Å². The van der Waals surface area contributed by atoms with E-state index in [0.29, 0.717) is 11.3 Å². The van der Waals surface area contributed by atoms with Crippen LogP contribution in [0.1, 0.15) is 24.8 Å². The second kappa shape index (κ2) is 6.92. The SMILES string of the molecule is O=C(Nc1ccc(F)cc1C#CCO)N1CCCCC1. The van der Waals surface area contributed by atoms with Crippen molar-refractivity contribution >= 4 is 11.7 Å². The lowest BCUT2D eigenvalue weighted by molar-refractivity contribution is 0.200. The molecule has 1 fully saturated rings. The molecule has 2 rings (SSSR count). The Morgan fingerprint density at radius 3 is 2.80 bits per heavy atom. The van der Waals surface area contributed by atoms with Gasteiger partial charge in [-0.3, -0.25) is 0 Å². The molecule has 0 atom stereocenters. The number of carbonyl (C=O) groups excluding carboxylic acids is 1. The molecule has 0 radical (unpaired) electrons. The molecule has 0 spiro atoms. The molecule has 5 heteroatoms. The van der Waals surface area contributed by atoms with E-state index in [9.17, 15) is 9.18 Å². The van der Waals surface area contributed by atoms with Gasteiger partial charge in [-0.1, -0.05) is 11.8 Å². The summed E-state index contributed by atoms with van der Waals surface area (Å²) in [5.74, 6) is 4.67. The lowest BCUT2D eigenvalue weighted by Gasteiger charge is -2.27. The number of halogens is 1. The molecule has 2 N–H and O–H groups in total. The Hall–Kier alpha value is -2.06. The summed E-state index contributed by atoms with van der Waals surface area (Å²) in [7, 11) is 0. The van der Waals surface area contributed by atoms with Gasteiger partial charge in [0.1, 0.15) is 12.4 Å². The van der Waals surface area contributed by atoms with Crippen molar-refractivity contribution in [3.05, 3.63) is 29.6 Å². The average molecular weight is 276 g/mol. The maximum atomic E-state index is 13.2. The molecule has 106 valence electrons. The van der Waals surface area contributed by atoms with Crippen molar-refractivity contribution < 1.29 is 14.3 Å². The molecule has 1 aliphatic rings. The summed E-state index contributed by atoms with van der Waals surface area (Å²) in [6.07, 6.45) is 3.16. The Morgan fingerprint density at radius 2 is 2.10 bits per heavy atom. The van der Waals surface area contributed by atoms with E-state index < -0.39 is 5.82 Å². The van der Waals surface area contributed by atoms with E-state index in [1.54, 1.807) is 4.90 Å². The summed E-state index contributed by atoms with van der Waals surface area (Å²) in [5.41, 5.74) is 0.826. The number of aliphatic hydroxyl groups excluding tert-OH is 1. The van der Waals surface area contributed by atoms with E-state index in [1.807, 2.05) is 0 Å². The van der Waals surface area contributed by atoms with Gasteiger partial charge in [0, 0.05) is 13.1 Å². The molecule has 0 unspecified atom stereocenters. The molecule has 2 amide bonds. The van der Waals surface area contributed by atoms with Crippen LogP contribution in [0.25, 0.3) is 0 Å². The molecule has 0 bridgehead atoms. The summed E-state index contributed by atoms with van der Waals surface area (Å²) in [5, 5.41) is 11.5. The Balaban J connectivity index is 2.13. The van der Waals surface area contributed by atoms with Crippen LogP contribution in [0.5, 0.6) is 0 Å². The van der Waals surface area contributed by atoms with Crippen molar-refractivity contribution in [2.45, 2.75) is 19.3 Å². The zero-order chi connectivity index (χ0) is 14.4. The predicted molar refractivity (Wildman–Crippen MR) is 74.8 cm³/mol. The lowest BCUT2D eigenvalue weighted by atomic mass is 10.1. The fourth-order valence-electron chi connectivity index (χ4n) is 2.15. The van der Waals surface area contributed by atoms with Gasteiger partial charge in [-0.25, -0.2) is 9.18 Å².